The van der Waals surface area contributed by atoms with Crippen LogP contribution in [0.1, 0.15) is 11.1 Å². The van der Waals surface area contributed by atoms with Crippen LogP contribution in [-0.4, -0.2) is 9.49 Å². The quantitative estimate of drug-likeness (QED) is 0.579. The lowest BCUT2D eigenvalue weighted by Crippen LogP contribution is -2.12. The second kappa shape index (κ2) is 5.81. The number of hydrogen-bond donors (Lipinski definition) is 1. The van der Waals surface area contributed by atoms with E-state index in [9.17, 15) is 10.1 Å². The van der Waals surface area contributed by atoms with E-state index in [-0.39, 0.29) is 5.69 Å². The third-order valence-electron chi connectivity index (χ3n) is 3.70. The van der Waals surface area contributed by atoms with Crippen LogP contribution in [0, 0.1) is 29.4 Å². The van der Waals surface area contributed by atoms with Crippen LogP contribution in [0.2, 0.25) is 0 Å². The molecule has 0 aliphatic rings. The van der Waals surface area contributed by atoms with Gasteiger partial charge in [0, 0.05) is 28.8 Å². The molecule has 23 heavy (non-hydrogen) atoms. The molecule has 0 amide bonds. The van der Waals surface area contributed by atoms with Gasteiger partial charge in [0.25, 0.3) is 5.69 Å². The number of hydrogen-bond acceptors (Lipinski definition) is 4. The fourth-order valence-electron chi connectivity index (χ4n) is 2.59. The van der Waals surface area contributed by atoms with Crippen molar-refractivity contribution in [1.29, 1.82) is 5.41 Å². The molecule has 0 radical (unpaired) electrons. The predicted octanol–water partition coefficient (Wildman–Crippen LogP) is 4.21. The predicted molar refractivity (Wildman–Crippen MR) is 91.1 cm³/mol. The van der Waals surface area contributed by atoms with Crippen molar-refractivity contribution in [3.63, 3.8) is 0 Å². The van der Waals surface area contributed by atoms with Crippen molar-refractivity contribution in [3.8, 4) is 16.9 Å². The maximum Gasteiger partial charge on any atom is 0.269 e. The molecule has 0 spiro atoms. The van der Waals surface area contributed by atoms with E-state index in [1.165, 1.54) is 29.0 Å². The summed E-state index contributed by atoms with van der Waals surface area (Å²) in [5, 5.41) is 20.9. The zero-order valence-electron chi connectivity index (χ0n) is 12.7. The van der Waals surface area contributed by atoms with Crippen LogP contribution in [-0.2, 0) is 0 Å². The molecule has 5 nitrogen and oxygen atoms in total. The third kappa shape index (κ3) is 2.80. The molecule has 0 atom stereocenters. The zero-order valence-corrected chi connectivity index (χ0v) is 13.6. The maximum absolute atomic E-state index is 10.8. The minimum Gasteiger partial charge on any atom is -0.286 e. The molecule has 3 rings (SSSR count). The topological polar surface area (TPSA) is 71.9 Å². The van der Waals surface area contributed by atoms with Crippen molar-refractivity contribution in [2.45, 2.75) is 13.8 Å². The van der Waals surface area contributed by atoms with Gasteiger partial charge in [-0.2, -0.15) is 0 Å². The van der Waals surface area contributed by atoms with Crippen LogP contribution in [0.15, 0.2) is 47.8 Å². The Kier molecular flexibility index (Phi) is 3.83. The number of aromatic nitrogens is 1. The van der Waals surface area contributed by atoms with Gasteiger partial charge >= 0.3 is 0 Å². The van der Waals surface area contributed by atoms with Gasteiger partial charge in [0.2, 0.25) is 0 Å². The highest BCUT2D eigenvalue weighted by molar-refractivity contribution is 7.07. The molecule has 0 unspecified atom stereocenters. The van der Waals surface area contributed by atoms with E-state index in [1.54, 1.807) is 12.1 Å². The first-order chi connectivity index (χ1) is 11.0. The van der Waals surface area contributed by atoms with Crippen LogP contribution in [0.3, 0.4) is 0 Å². The molecule has 0 fully saturated rings. The van der Waals surface area contributed by atoms with Gasteiger partial charge in [-0.1, -0.05) is 23.8 Å². The van der Waals surface area contributed by atoms with Crippen molar-refractivity contribution >= 4 is 17.0 Å². The summed E-state index contributed by atoms with van der Waals surface area (Å²) in [4.78, 5) is 10.8. The summed E-state index contributed by atoms with van der Waals surface area (Å²) in [6, 6.07) is 12.5. The zero-order chi connectivity index (χ0) is 16.6. The van der Waals surface area contributed by atoms with Gasteiger partial charge < -0.3 is 0 Å². The standard InChI is InChI=1S/C17H15N3O2S/c1-11-3-8-15(12(2)9-11)16-10-23-17(18)19(16)13-4-6-14(7-5-13)20(21)22/h3-10,18H,1-2H3. The van der Waals surface area contributed by atoms with Gasteiger partial charge in [-0.05, 0) is 31.5 Å². The molecular weight excluding hydrogens is 310 g/mol. The van der Waals surface area contributed by atoms with Crippen molar-refractivity contribution in [2.24, 2.45) is 0 Å². The number of non-ortho nitro benzene ring substituents is 1. The number of aryl methyl sites for hydroxylation is 2. The van der Waals surface area contributed by atoms with Crippen molar-refractivity contribution in [1.82, 2.24) is 4.57 Å². The van der Waals surface area contributed by atoms with E-state index >= 15 is 0 Å². The average molecular weight is 325 g/mol. The number of nitrogens with one attached hydrogen (secondary N) is 1. The first-order valence-corrected chi connectivity index (χ1v) is 7.93. The summed E-state index contributed by atoms with van der Waals surface area (Å²) in [5.74, 6) is 0. The Morgan fingerprint density at radius 3 is 2.43 bits per heavy atom. The van der Waals surface area contributed by atoms with Crippen LogP contribution < -0.4 is 4.80 Å². The van der Waals surface area contributed by atoms with E-state index < -0.39 is 4.92 Å². The summed E-state index contributed by atoms with van der Waals surface area (Å²) in [7, 11) is 0. The molecule has 2 aromatic carbocycles. The average Bonchev–Trinajstić information content (AvgIpc) is 2.89. The van der Waals surface area contributed by atoms with Gasteiger partial charge in [0.15, 0.2) is 4.80 Å². The number of rotatable bonds is 3. The lowest BCUT2D eigenvalue weighted by atomic mass is 10.0. The second-order valence-electron chi connectivity index (χ2n) is 5.35. The molecule has 3 aromatic rings. The van der Waals surface area contributed by atoms with Crippen LogP contribution in [0.25, 0.3) is 16.9 Å². The van der Waals surface area contributed by atoms with Crippen molar-refractivity contribution < 1.29 is 4.92 Å². The normalized spacial score (nSPS) is 10.7. The van der Waals surface area contributed by atoms with Crippen LogP contribution in [0.4, 0.5) is 5.69 Å². The Bertz CT molecular complexity index is 939. The Hall–Kier alpha value is -2.73. The summed E-state index contributed by atoms with van der Waals surface area (Å²) in [5.41, 5.74) is 5.10. The molecule has 0 aliphatic heterocycles. The fraction of sp³-hybridized carbons (Fsp3) is 0.118. The fourth-order valence-corrected chi connectivity index (χ4v) is 3.36. The summed E-state index contributed by atoms with van der Waals surface area (Å²) in [6.07, 6.45) is 0. The molecule has 0 saturated carbocycles. The van der Waals surface area contributed by atoms with E-state index in [0.29, 0.717) is 4.80 Å². The highest BCUT2D eigenvalue weighted by Crippen LogP contribution is 2.27. The molecule has 6 heteroatoms. The van der Waals surface area contributed by atoms with E-state index in [0.717, 1.165) is 22.5 Å². The van der Waals surface area contributed by atoms with Crippen molar-refractivity contribution in [3.05, 3.63) is 73.9 Å². The molecule has 1 N–H and O–H groups in total. The van der Waals surface area contributed by atoms with E-state index in [4.69, 9.17) is 5.41 Å². The number of nitro benzene ring substituents is 1. The van der Waals surface area contributed by atoms with Gasteiger partial charge in [0.05, 0.1) is 10.6 Å². The number of benzene rings is 2. The van der Waals surface area contributed by atoms with Crippen LogP contribution >= 0.6 is 11.3 Å². The van der Waals surface area contributed by atoms with Gasteiger partial charge in [-0.25, -0.2) is 0 Å². The number of nitrogens with zero attached hydrogens (tertiary/aromatic N) is 2. The van der Waals surface area contributed by atoms with E-state index in [2.05, 4.69) is 6.07 Å². The minimum absolute atomic E-state index is 0.0455. The first kappa shape index (κ1) is 15.2. The molecule has 0 saturated heterocycles. The Labute approximate surface area is 137 Å². The van der Waals surface area contributed by atoms with Gasteiger partial charge in [-0.3, -0.25) is 20.1 Å². The second-order valence-corrected chi connectivity index (χ2v) is 6.21. The molecule has 116 valence electrons. The maximum atomic E-state index is 10.8. The Morgan fingerprint density at radius 2 is 1.83 bits per heavy atom. The smallest absolute Gasteiger partial charge is 0.269 e. The van der Waals surface area contributed by atoms with Crippen LogP contribution in [0.5, 0.6) is 0 Å². The molecule has 0 aliphatic carbocycles. The molecular formula is C17H15N3O2S. The van der Waals surface area contributed by atoms with Gasteiger partial charge in [-0.15, -0.1) is 11.3 Å². The molecule has 1 aromatic heterocycles. The highest BCUT2D eigenvalue weighted by atomic mass is 32.1. The van der Waals surface area contributed by atoms with E-state index in [1.807, 2.05) is 35.9 Å². The van der Waals surface area contributed by atoms with Gasteiger partial charge in [0.1, 0.15) is 0 Å². The summed E-state index contributed by atoms with van der Waals surface area (Å²) in [6.45, 7) is 4.09. The minimum atomic E-state index is -0.422. The lowest BCUT2D eigenvalue weighted by molar-refractivity contribution is -0.384. The third-order valence-corrected chi connectivity index (χ3v) is 4.45. The summed E-state index contributed by atoms with van der Waals surface area (Å²) < 4.78 is 1.81. The lowest BCUT2D eigenvalue weighted by Gasteiger charge is -2.11. The highest BCUT2D eigenvalue weighted by Gasteiger charge is 2.13. The Balaban J connectivity index is 2.16. The monoisotopic (exact) mass is 325 g/mol. The van der Waals surface area contributed by atoms with Crippen molar-refractivity contribution in [2.75, 3.05) is 0 Å². The SMILES string of the molecule is Cc1ccc(-c2csc(=N)n2-c2ccc([N+](=O)[O-])cc2)c(C)c1. The number of thiazole rings is 1. The largest absolute Gasteiger partial charge is 0.286 e. The summed E-state index contributed by atoms with van der Waals surface area (Å²) >= 11 is 1.34. The molecule has 0 bridgehead atoms. The Morgan fingerprint density at radius 1 is 1.13 bits per heavy atom. The first-order valence-electron chi connectivity index (χ1n) is 7.05. The number of nitro groups is 1. The molecule has 1 heterocycles.